The Bertz CT molecular complexity index is 2760. The van der Waals surface area contributed by atoms with Crippen molar-refractivity contribution in [3.8, 4) is 50.1 Å². The number of nitrogens with zero attached hydrogens (tertiary/aromatic N) is 6. The molecule has 0 aliphatic carbocycles. The van der Waals surface area contributed by atoms with Gasteiger partial charge in [-0.05, 0) is 96.1 Å². The number of fused-ring (bicyclic) bond motifs is 5. The van der Waals surface area contributed by atoms with Gasteiger partial charge >= 0.3 is 0 Å². The van der Waals surface area contributed by atoms with E-state index >= 15 is 0 Å². The molecule has 0 bridgehead atoms. The smallest absolute Gasteiger partial charge is 0.189 e. The number of hydrogen-bond donors (Lipinski definition) is 0. The highest BCUT2D eigenvalue weighted by atomic mass is 32.1. The summed E-state index contributed by atoms with van der Waals surface area (Å²) in [6.07, 6.45) is 0. The molecule has 0 atom stereocenters. The van der Waals surface area contributed by atoms with E-state index < -0.39 is 0 Å². The minimum Gasteiger partial charge on any atom is -0.309 e. The molecule has 0 aliphatic rings. The molecular weight excluding hydrogens is 641 g/mol. The minimum atomic E-state index is 0.583. The third-order valence-corrected chi connectivity index (χ3v) is 10.9. The van der Waals surface area contributed by atoms with Gasteiger partial charge < -0.3 is 4.57 Å². The van der Waals surface area contributed by atoms with E-state index in [1.54, 1.807) is 22.7 Å². The van der Waals surface area contributed by atoms with E-state index in [2.05, 4.69) is 82.2 Å². The first-order valence-electron chi connectivity index (χ1n) is 15.4. The molecule has 0 aliphatic heterocycles. The zero-order valence-electron chi connectivity index (χ0n) is 25.5. The topological polar surface area (TPSA) is 82.6 Å². The predicted molar refractivity (Wildman–Crippen MR) is 199 cm³/mol. The molecule has 0 saturated carbocycles. The van der Waals surface area contributed by atoms with Crippen LogP contribution in [0.2, 0.25) is 0 Å². The lowest BCUT2D eigenvalue weighted by Gasteiger charge is -2.10. The van der Waals surface area contributed by atoms with Crippen LogP contribution in [0.4, 0.5) is 5.69 Å². The maximum absolute atomic E-state index is 9.40. The van der Waals surface area contributed by atoms with Crippen molar-refractivity contribution in [3.63, 3.8) is 0 Å². The monoisotopic (exact) mass is 660 g/mol. The quantitative estimate of drug-likeness (QED) is 0.176. The fourth-order valence-corrected chi connectivity index (χ4v) is 8.22. The van der Waals surface area contributed by atoms with Crippen LogP contribution in [-0.2, 0) is 0 Å². The first-order chi connectivity index (χ1) is 24.1. The number of thiazole rings is 2. The van der Waals surface area contributed by atoms with E-state index in [1.807, 2.05) is 60.7 Å². The van der Waals surface area contributed by atoms with Crippen molar-refractivity contribution in [2.75, 3.05) is 0 Å². The fourth-order valence-electron chi connectivity index (χ4n) is 6.34. The summed E-state index contributed by atoms with van der Waals surface area (Å²) in [5.74, 6) is 0. The zero-order valence-corrected chi connectivity index (χ0v) is 27.2. The molecule has 3 heterocycles. The van der Waals surface area contributed by atoms with Crippen LogP contribution >= 0.6 is 22.7 Å². The highest BCUT2D eigenvalue weighted by Gasteiger charge is 2.17. The van der Waals surface area contributed by atoms with E-state index in [9.17, 15) is 10.5 Å². The lowest BCUT2D eigenvalue weighted by atomic mass is 10.0. The normalized spacial score (nSPS) is 11.2. The van der Waals surface area contributed by atoms with Gasteiger partial charge in [0.15, 0.2) is 5.69 Å². The molecule has 3 aromatic heterocycles. The van der Waals surface area contributed by atoms with Gasteiger partial charge in [-0.2, -0.15) is 10.5 Å². The Labute approximate surface area is 288 Å². The summed E-state index contributed by atoms with van der Waals surface area (Å²) >= 11 is 3.24. The molecule has 0 unspecified atom stereocenters. The molecule has 8 heteroatoms. The summed E-state index contributed by atoms with van der Waals surface area (Å²) < 4.78 is 4.38. The van der Waals surface area contributed by atoms with Gasteiger partial charge in [-0.15, -0.1) is 22.7 Å². The average molecular weight is 661 g/mol. The summed E-state index contributed by atoms with van der Waals surface area (Å²) in [5, 5.41) is 22.6. The van der Waals surface area contributed by atoms with Crippen molar-refractivity contribution in [2.24, 2.45) is 0 Å². The van der Waals surface area contributed by atoms with Crippen LogP contribution in [-0.4, -0.2) is 14.5 Å². The van der Waals surface area contributed by atoms with Crippen molar-refractivity contribution in [2.45, 2.75) is 0 Å². The Morgan fingerprint density at radius 1 is 0.551 bits per heavy atom. The van der Waals surface area contributed by atoms with Crippen molar-refractivity contribution < 1.29 is 0 Å². The standard InChI is InChI=1S/C41H20N6S2/c1-44-30-11-17-39-35(21-30)46-41(49-39)29-10-15-37-33(20-29)32-19-28(40-45-34-18-25(23-43)4-16-38(34)48-40)9-14-36(32)47(37)31-12-7-27(8-13-31)26-5-2-24(22-42)3-6-26/h2-21H. The lowest BCUT2D eigenvalue weighted by Crippen LogP contribution is -1.94. The highest BCUT2D eigenvalue weighted by molar-refractivity contribution is 7.22. The number of nitriles is 2. The van der Waals surface area contributed by atoms with E-state index in [-0.39, 0.29) is 0 Å². The Kier molecular flexibility index (Phi) is 6.57. The maximum atomic E-state index is 9.40. The van der Waals surface area contributed by atoms with Gasteiger partial charge in [-0.1, -0.05) is 36.4 Å². The number of aromatic nitrogens is 3. The van der Waals surface area contributed by atoms with Gasteiger partial charge in [-0.25, -0.2) is 14.8 Å². The molecule has 0 amide bonds. The second kappa shape index (κ2) is 11.3. The van der Waals surface area contributed by atoms with E-state index in [4.69, 9.17) is 16.5 Å². The number of rotatable bonds is 4. The van der Waals surface area contributed by atoms with Crippen LogP contribution in [0.3, 0.4) is 0 Å². The summed E-state index contributed by atoms with van der Waals surface area (Å²) in [6, 6.07) is 44.8. The van der Waals surface area contributed by atoms with Crippen LogP contribution in [0.5, 0.6) is 0 Å². The third kappa shape index (κ3) is 4.82. The highest BCUT2D eigenvalue weighted by Crippen LogP contribution is 2.40. The molecule has 0 spiro atoms. The average Bonchev–Trinajstić information content (AvgIpc) is 3.87. The molecule has 0 fully saturated rings. The Balaban J connectivity index is 1.22. The van der Waals surface area contributed by atoms with Gasteiger partial charge in [-0.3, -0.25) is 0 Å². The molecule has 6 nitrogen and oxygen atoms in total. The van der Waals surface area contributed by atoms with Crippen LogP contribution < -0.4 is 0 Å². The summed E-state index contributed by atoms with van der Waals surface area (Å²) in [4.78, 5) is 13.4. The Morgan fingerprint density at radius 2 is 1.06 bits per heavy atom. The van der Waals surface area contributed by atoms with E-state index in [0.29, 0.717) is 16.8 Å². The predicted octanol–water partition coefficient (Wildman–Crippen LogP) is 11.3. The molecule has 6 aromatic carbocycles. The SMILES string of the molecule is [C-]#[N+]c1ccc2sc(-c3ccc4c(c3)c3cc(-c5nc6cc(C#N)ccc6s5)ccc3n4-c3ccc(-c4ccc(C#N)cc4)cc3)nc2c1. The Morgan fingerprint density at radius 3 is 1.63 bits per heavy atom. The number of hydrogen-bond acceptors (Lipinski definition) is 6. The van der Waals surface area contributed by atoms with Crippen molar-refractivity contribution in [1.29, 1.82) is 10.5 Å². The van der Waals surface area contributed by atoms with Gasteiger partial charge in [0.05, 0.1) is 61.3 Å². The lowest BCUT2D eigenvalue weighted by molar-refractivity contribution is 1.18. The first kappa shape index (κ1) is 28.6. The van der Waals surface area contributed by atoms with Crippen LogP contribution in [0, 0.1) is 29.2 Å². The van der Waals surface area contributed by atoms with Gasteiger partial charge in [0.25, 0.3) is 0 Å². The Hall–Kier alpha value is -6.63. The second-order valence-corrected chi connectivity index (χ2v) is 13.7. The molecule has 0 N–H and O–H groups in total. The van der Waals surface area contributed by atoms with Crippen molar-refractivity contribution >= 4 is 70.6 Å². The summed E-state index contributed by atoms with van der Waals surface area (Å²) in [6.45, 7) is 7.40. The van der Waals surface area contributed by atoms with E-state index in [1.165, 1.54) is 0 Å². The van der Waals surface area contributed by atoms with Gasteiger partial charge in [0.2, 0.25) is 0 Å². The molecule has 0 saturated heterocycles. The van der Waals surface area contributed by atoms with Crippen LogP contribution in [0.1, 0.15) is 11.1 Å². The molecule has 226 valence electrons. The summed E-state index contributed by atoms with van der Waals surface area (Å²) in [7, 11) is 0. The zero-order chi connectivity index (χ0) is 33.1. The summed E-state index contributed by atoms with van der Waals surface area (Å²) in [5.41, 5.74) is 10.8. The third-order valence-electron chi connectivity index (χ3n) is 8.75. The molecule has 9 rings (SSSR count). The molecule has 9 aromatic rings. The maximum Gasteiger partial charge on any atom is 0.189 e. The van der Waals surface area contributed by atoms with Gasteiger partial charge in [0.1, 0.15) is 10.0 Å². The minimum absolute atomic E-state index is 0.583. The molecule has 49 heavy (non-hydrogen) atoms. The van der Waals surface area contributed by atoms with Gasteiger partial charge in [0, 0.05) is 27.6 Å². The van der Waals surface area contributed by atoms with E-state index in [0.717, 1.165) is 80.2 Å². The second-order valence-electron chi connectivity index (χ2n) is 11.6. The fraction of sp³-hybridized carbons (Fsp3) is 0. The largest absolute Gasteiger partial charge is 0.309 e. The number of benzene rings is 6. The van der Waals surface area contributed by atoms with Crippen molar-refractivity contribution in [3.05, 3.63) is 144 Å². The first-order valence-corrected chi connectivity index (χ1v) is 17.0. The molecular formula is C41H20N6S2. The molecule has 0 radical (unpaired) electrons. The van der Waals surface area contributed by atoms with Crippen LogP contribution in [0.15, 0.2) is 121 Å². The van der Waals surface area contributed by atoms with Crippen molar-refractivity contribution in [1.82, 2.24) is 14.5 Å². The van der Waals surface area contributed by atoms with Crippen LogP contribution in [0.25, 0.3) is 85.0 Å².